The summed E-state index contributed by atoms with van der Waals surface area (Å²) in [5.41, 5.74) is 3.44. The number of benzene rings is 1. The summed E-state index contributed by atoms with van der Waals surface area (Å²) in [7, 11) is 0. The molecule has 7 heteroatoms. The zero-order valence-corrected chi connectivity index (χ0v) is 13.3. The Labute approximate surface area is 142 Å². The summed E-state index contributed by atoms with van der Waals surface area (Å²) in [6.45, 7) is 0.624. The van der Waals surface area contributed by atoms with Gasteiger partial charge in [-0.2, -0.15) is 0 Å². The standard InChI is InChI=1S/C17H13ClN4O2/c18-9-1-2-10(15(23)7-9)16-19-5-4-13(22-16)14-8-11-12(21-14)3-6-20-17(11)24/h1-2,4-5,7-8,21,23H,3,6H2,(H,20,24). The lowest BCUT2D eigenvalue weighted by Gasteiger charge is -2.10. The van der Waals surface area contributed by atoms with Crippen molar-refractivity contribution in [2.45, 2.75) is 6.42 Å². The van der Waals surface area contributed by atoms with Gasteiger partial charge < -0.3 is 15.4 Å². The lowest BCUT2D eigenvalue weighted by atomic mass is 10.1. The zero-order valence-electron chi connectivity index (χ0n) is 12.5. The van der Waals surface area contributed by atoms with Crippen LogP contribution in [0.2, 0.25) is 5.02 Å². The van der Waals surface area contributed by atoms with E-state index in [-0.39, 0.29) is 11.7 Å². The fraction of sp³-hybridized carbons (Fsp3) is 0.118. The number of carbonyl (C=O) groups excluding carboxylic acids is 1. The summed E-state index contributed by atoms with van der Waals surface area (Å²) in [4.78, 5) is 23.8. The summed E-state index contributed by atoms with van der Waals surface area (Å²) < 4.78 is 0. The Bertz CT molecular complexity index is 952. The van der Waals surface area contributed by atoms with Crippen molar-refractivity contribution < 1.29 is 9.90 Å². The Morgan fingerprint density at radius 1 is 1.17 bits per heavy atom. The molecular weight excluding hydrogens is 328 g/mol. The number of aromatic hydroxyl groups is 1. The first-order chi connectivity index (χ1) is 11.6. The van der Waals surface area contributed by atoms with Gasteiger partial charge in [-0.15, -0.1) is 0 Å². The van der Waals surface area contributed by atoms with E-state index < -0.39 is 0 Å². The van der Waals surface area contributed by atoms with Gasteiger partial charge in [-0.1, -0.05) is 11.6 Å². The van der Waals surface area contributed by atoms with Gasteiger partial charge in [0.1, 0.15) is 5.75 Å². The van der Waals surface area contributed by atoms with Crippen LogP contribution in [0.3, 0.4) is 0 Å². The van der Waals surface area contributed by atoms with Crippen molar-refractivity contribution >= 4 is 17.5 Å². The molecule has 0 saturated carbocycles. The first-order valence-corrected chi connectivity index (χ1v) is 7.82. The Morgan fingerprint density at radius 2 is 2.04 bits per heavy atom. The first kappa shape index (κ1) is 14.7. The fourth-order valence-electron chi connectivity index (χ4n) is 2.76. The summed E-state index contributed by atoms with van der Waals surface area (Å²) >= 11 is 5.86. The Morgan fingerprint density at radius 3 is 2.83 bits per heavy atom. The lowest BCUT2D eigenvalue weighted by molar-refractivity contribution is 0.0946. The number of halogens is 1. The van der Waals surface area contributed by atoms with Crippen LogP contribution in [0.4, 0.5) is 0 Å². The van der Waals surface area contributed by atoms with E-state index >= 15 is 0 Å². The van der Waals surface area contributed by atoms with Crippen LogP contribution in [0.15, 0.2) is 36.5 Å². The molecule has 4 rings (SSSR count). The van der Waals surface area contributed by atoms with Crippen LogP contribution < -0.4 is 5.32 Å². The topological polar surface area (TPSA) is 90.9 Å². The molecule has 1 aromatic carbocycles. The van der Waals surface area contributed by atoms with E-state index in [1.807, 2.05) is 0 Å². The van der Waals surface area contributed by atoms with Gasteiger partial charge in [0.05, 0.1) is 22.5 Å². The van der Waals surface area contributed by atoms with E-state index in [0.29, 0.717) is 34.2 Å². The van der Waals surface area contributed by atoms with Crippen LogP contribution in [0.1, 0.15) is 16.1 Å². The molecule has 0 fully saturated rings. The van der Waals surface area contributed by atoms with Crippen LogP contribution in [0, 0.1) is 0 Å². The Kier molecular flexibility index (Phi) is 3.46. The second-order valence-electron chi connectivity index (χ2n) is 5.51. The monoisotopic (exact) mass is 340 g/mol. The highest BCUT2D eigenvalue weighted by molar-refractivity contribution is 6.30. The number of hydrogen-bond acceptors (Lipinski definition) is 4. The molecule has 2 aromatic heterocycles. The number of amides is 1. The van der Waals surface area contributed by atoms with Gasteiger partial charge in [0.15, 0.2) is 5.82 Å². The minimum Gasteiger partial charge on any atom is -0.507 e. The maximum absolute atomic E-state index is 11.9. The van der Waals surface area contributed by atoms with Gasteiger partial charge in [-0.05, 0) is 30.3 Å². The van der Waals surface area contributed by atoms with Crippen molar-refractivity contribution in [2.75, 3.05) is 6.54 Å². The highest BCUT2D eigenvalue weighted by atomic mass is 35.5. The van der Waals surface area contributed by atoms with E-state index in [1.165, 1.54) is 6.07 Å². The average Bonchev–Trinajstić information content (AvgIpc) is 3.01. The molecule has 0 radical (unpaired) electrons. The molecule has 0 unspecified atom stereocenters. The summed E-state index contributed by atoms with van der Waals surface area (Å²) in [5, 5.41) is 13.3. The van der Waals surface area contributed by atoms with E-state index in [0.717, 1.165) is 17.8 Å². The summed E-state index contributed by atoms with van der Waals surface area (Å²) in [5.74, 6) is 0.326. The number of H-pyrrole nitrogens is 1. The molecular formula is C17H13ClN4O2. The predicted molar refractivity (Wildman–Crippen MR) is 90.0 cm³/mol. The number of phenols is 1. The first-order valence-electron chi connectivity index (χ1n) is 7.44. The van der Waals surface area contributed by atoms with E-state index in [9.17, 15) is 9.90 Å². The van der Waals surface area contributed by atoms with Gasteiger partial charge in [0, 0.05) is 29.9 Å². The van der Waals surface area contributed by atoms with Crippen molar-refractivity contribution in [2.24, 2.45) is 0 Å². The molecule has 0 atom stereocenters. The number of phenolic OH excluding ortho intramolecular Hbond substituents is 1. The maximum Gasteiger partial charge on any atom is 0.253 e. The van der Waals surface area contributed by atoms with Crippen LogP contribution >= 0.6 is 11.6 Å². The van der Waals surface area contributed by atoms with Crippen molar-refractivity contribution in [3.63, 3.8) is 0 Å². The normalized spacial score (nSPS) is 13.5. The molecule has 1 amide bonds. The number of nitrogens with zero attached hydrogens (tertiary/aromatic N) is 2. The predicted octanol–water partition coefficient (Wildman–Crippen LogP) is 2.78. The molecule has 0 spiro atoms. The fourth-order valence-corrected chi connectivity index (χ4v) is 2.93. The molecule has 3 aromatic rings. The van der Waals surface area contributed by atoms with E-state index in [2.05, 4.69) is 20.3 Å². The van der Waals surface area contributed by atoms with Crippen molar-refractivity contribution in [1.29, 1.82) is 0 Å². The molecule has 1 aliphatic heterocycles. The molecule has 120 valence electrons. The second-order valence-corrected chi connectivity index (χ2v) is 5.94. The number of nitrogens with one attached hydrogen (secondary N) is 2. The van der Waals surface area contributed by atoms with Gasteiger partial charge in [0.2, 0.25) is 0 Å². The highest BCUT2D eigenvalue weighted by Crippen LogP contribution is 2.30. The third-order valence-electron chi connectivity index (χ3n) is 3.94. The smallest absolute Gasteiger partial charge is 0.253 e. The average molecular weight is 341 g/mol. The largest absolute Gasteiger partial charge is 0.507 e. The van der Waals surface area contributed by atoms with Gasteiger partial charge in [0.25, 0.3) is 5.91 Å². The molecule has 3 N–H and O–H groups in total. The van der Waals surface area contributed by atoms with E-state index in [4.69, 9.17) is 11.6 Å². The number of fused-ring (bicyclic) bond motifs is 1. The zero-order chi connectivity index (χ0) is 16.7. The number of carbonyl (C=O) groups is 1. The van der Waals surface area contributed by atoms with Crippen molar-refractivity contribution in [1.82, 2.24) is 20.3 Å². The molecule has 0 saturated heterocycles. The third-order valence-corrected chi connectivity index (χ3v) is 4.17. The number of aromatic amines is 1. The number of rotatable bonds is 2. The molecule has 6 nitrogen and oxygen atoms in total. The number of hydrogen-bond donors (Lipinski definition) is 3. The summed E-state index contributed by atoms with van der Waals surface area (Å²) in [6, 6.07) is 8.34. The Balaban J connectivity index is 1.77. The summed E-state index contributed by atoms with van der Waals surface area (Å²) in [6.07, 6.45) is 2.38. The van der Waals surface area contributed by atoms with E-state index in [1.54, 1.807) is 30.5 Å². The lowest BCUT2D eigenvalue weighted by Crippen LogP contribution is -2.31. The molecule has 3 heterocycles. The van der Waals surface area contributed by atoms with Crippen LogP contribution in [-0.4, -0.2) is 32.5 Å². The third kappa shape index (κ3) is 2.51. The van der Waals surface area contributed by atoms with Crippen molar-refractivity contribution in [3.05, 3.63) is 52.8 Å². The van der Waals surface area contributed by atoms with Gasteiger partial charge >= 0.3 is 0 Å². The minimum atomic E-state index is -0.0802. The second kappa shape index (κ2) is 5.65. The maximum atomic E-state index is 11.9. The molecule has 24 heavy (non-hydrogen) atoms. The highest BCUT2D eigenvalue weighted by Gasteiger charge is 2.20. The quantitative estimate of drug-likeness (QED) is 0.669. The van der Waals surface area contributed by atoms with Crippen LogP contribution in [-0.2, 0) is 6.42 Å². The molecule has 1 aliphatic rings. The minimum absolute atomic E-state index is 0.0183. The van der Waals surface area contributed by atoms with Gasteiger partial charge in [-0.3, -0.25) is 4.79 Å². The SMILES string of the molecule is O=C1NCCc2[nH]c(-c3ccnc(-c4ccc(Cl)cc4O)n3)cc21. The molecule has 0 bridgehead atoms. The van der Waals surface area contributed by atoms with Crippen LogP contribution in [0.5, 0.6) is 5.75 Å². The van der Waals surface area contributed by atoms with Crippen LogP contribution in [0.25, 0.3) is 22.8 Å². The van der Waals surface area contributed by atoms with Crippen molar-refractivity contribution in [3.8, 4) is 28.5 Å². The Hall–Kier alpha value is -2.86. The molecule has 0 aliphatic carbocycles. The number of aromatic nitrogens is 3. The van der Waals surface area contributed by atoms with Gasteiger partial charge in [-0.25, -0.2) is 9.97 Å².